The first-order valence-corrected chi connectivity index (χ1v) is 9.86. The van der Waals surface area contributed by atoms with Crippen molar-refractivity contribution in [2.75, 3.05) is 0 Å². The minimum atomic E-state index is -0.917. The molecule has 0 saturated heterocycles. The second-order valence-electron chi connectivity index (χ2n) is 6.78. The number of halogens is 2. The van der Waals surface area contributed by atoms with E-state index in [1.807, 2.05) is 0 Å². The summed E-state index contributed by atoms with van der Waals surface area (Å²) in [4.78, 5) is 38.8. The number of hydrogen-bond acceptors (Lipinski definition) is 5. The fourth-order valence-electron chi connectivity index (χ4n) is 3.06. The number of aromatic nitrogens is 3. The zero-order chi connectivity index (χ0) is 22.7. The van der Waals surface area contributed by atoms with Crippen LogP contribution in [0.25, 0.3) is 5.69 Å². The van der Waals surface area contributed by atoms with Crippen molar-refractivity contribution in [1.29, 1.82) is 0 Å². The normalized spacial score (nSPS) is 10.8. The van der Waals surface area contributed by atoms with Crippen molar-refractivity contribution in [1.82, 2.24) is 19.7 Å². The summed E-state index contributed by atoms with van der Waals surface area (Å²) in [6.45, 7) is -0.187. The molecule has 0 radical (unpaired) electrons. The summed E-state index contributed by atoms with van der Waals surface area (Å²) in [5.41, 5.74) is -2.04. The first-order chi connectivity index (χ1) is 15.4. The molecule has 1 N–H and O–H groups in total. The van der Waals surface area contributed by atoms with Crippen LogP contribution < -0.4 is 16.6 Å². The number of amides is 1. The van der Waals surface area contributed by atoms with Gasteiger partial charge in [0.2, 0.25) is 5.69 Å². The van der Waals surface area contributed by atoms with Crippen LogP contribution in [0, 0.1) is 5.82 Å². The van der Waals surface area contributed by atoms with Crippen LogP contribution in [0.3, 0.4) is 0 Å². The molecule has 0 aliphatic carbocycles. The van der Waals surface area contributed by atoms with Crippen molar-refractivity contribution in [3.8, 4) is 5.69 Å². The van der Waals surface area contributed by atoms with Crippen LogP contribution >= 0.6 is 11.6 Å². The molecule has 0 saturated carbocycles. The van der Waals surface area contributed by atoms with Crippen molar-refractivity contribution in [3.05, 3.63) is 116 Å². The Labute approximate surface area is 185 Å². The average Bonchev–Trinajstić information content (AvgIpc) is 3.30. The Kier molecular flexibility index (Phi) is 6.00. The molecule has 4 rings (SSSR count). The number of carbonyl (C=O) groups is 1. The molecule has 0 atom stereocenters. The average molecular weight is 455 g/mol. The molecule has 2 heterocycles. The number of carbonyl (C=O) groups excluding carboxylic acids is 1. The highest BCUT2D eigenvalue weighted by atomic mass is 35.5. The van der Waals surface area contributed by atoms with Crippen molar-refractivity contribution in [2.24, 2.45) is 0 Å². The molecular weight excluding hydrogens is 439 g/mol. The van der Waals surface area contributed by atoms with Crippen LogP contribution in [-0.4, -0.2) is 20.3 Å². The summed E-state index contributed by atoms with van der Waals surface area (Å²) >= 11 is 6.00. The molecule has 0 fully saturated rings. The number of benzene rings is 2. The molecule has 10 heteroatoms. The number of para-hydroxylation sites is 1. The summed E-state index contributed by atoms with van der Waals surface area (Å²) in [5.74, 6) is -1.12. The van der Waals surface area contributed by atoms with E-state index in [1.165, 1.54) is 24.5 Å². The predicted molar refractivity (Wildman–Crippen MR) is 114 cm³/mol. The van der Waals surface area contributed by atoms with Crippen molar-refractivity contribution >= 4 is 17.5 Å². The molecule has 32 heavy (non-hydrogen) atoms. The van der Waals surface area contributed by atoms with Gasteiger partial charge in [0.15, 0.2) is 0 Å². The van der Waals surface area contributed by atoms with Gasteiger partial charge in [-0.25, -0.2) is 9.18 Å². The van der Waals surface area contributed by atoms with Crippen LogP contribution in [0.15, 0.2) is 80.9 Å². The minimum Gasteiger partial charge on any atom is -0.467 e. The smallest absolute Gasteiger partial charge is 0.352 e. The van der Waals surface area contributed by atoms with Gasteiger partial charge in [0.25, 0.3) is 11.5 Å². The molecule has 0 bridgehead atoms. The third-order valence-corrected chi connectivity index (χ3v) is 4.82. The summed E-state index contributed by atoms with van der Waals surface area (Å²) in [5, 5.41) is 6.81. The topological polar surface area (TPSA) is 99.1 Å². The third kappa shape index (κ3) is 4.37. The molecule has 0 unspecified atom stereocenters. The molecule has 0 aliphatic heterocycles. The Bertz CT molecular complexity index is 1400. The summed E-state index contributed by atoms with van der Waals surface area (Å²) in [6, 6.07) is 15.3. The maximum absolute atomic E-state index is 14.4. The van der Waals surface area contributed by atoms with E-state index in [0.29, 0.717) is 21.0 Å². The van der Waals surface area contributed by atoms with E-state index in [-0.39, 0.29) is 18.8 Å². The Hall–Kier alpha value is -3.98. The van der Waals surface area contributed by atoms with Gasteiger partial charge in [0.1, 0.15) is 17.3 Å². The van der Waals surface area contributed by atoms with Gasteiger partial charge >= 0.3 is 5.69 Å². The molecule has 2 aromatic carbocycles. The zero-order valence-corrected chi connectivity index (χ0v) is 17.3. The molecule has 162 valence electrons. The molecule has 2 aromatic heterocycles. The van der Waals surface area contributed by atoms with E-state index in [4.69, 9.17) is 16.0 Å². The van der Waals surface area contributed by atoms with Crippen LogP contribution in [0.5, 0.6) is 0 Å². The lowest BCUT2D eigenvalue weighted by molar-refractivity contribution is 0.0938. The van der Waals surface area contributed by atoms with Gasteiger partial charge < -0.3 is 9.73 Å². The van der Waals surface area contributed by atoms with E-state index >= 15 is 0 Å². The van der Waals surface area contributed by atoms with Crippen LogP contribution in [-0.2, 0) is 13.1 Å². The highest BCUT2D eigenvalue weighted by molar-refractivity contribution is 6.30. The van der Waals surface area contributed by atoms with Gasteiger partial charge in [-0.05, 0) is 42.0 Å². The Morgan fingerprint density at radius 3 is 2.62 bits per heavy atom. The van der Waals surface area contributed by atoms with Gasteiger partial charge in [-0.15, -0.1) is 0 Å². The van der Waals surface area contributed by atoms with E-state index in [9.17, 15) is 18.8 Å². The van der Waals surface area contributed by atoms with Crippen LogP contribution in [0.2, 0.25) is 5.02 Å². The van der Waals surface area contributed by atoms with Crippen molar-refractivity contribution in [2.45, 2.75) is 13.1 Å². The fraction of sp³-hybridized carbons (Fsp3) is 0.0909. The van der Waals surface area contributed by atoms with E-state index < -0.39 is 28.7 Å². The van der Waals surface area contributed by atoms with E-state index in [1.54, 1.807) is 36.4 Å². The maximum Gasteiger partial charge on any atom is 0.352 e. The maximum atomic E-state index is 14.4. The quantitative estimate of drug-likeness (QED) is 0.483. The first-order valence-electron chi connectivity index (χ1n) is 9.48. The number of hydrogen-bond donors (Lipinski definition) is 1. The van der Waals surface area contributed by atoms with Crippen LogP contribution in [0.1, 0.15) is 21.8 Å². The fourth-order valence-corrected chi connectivity index (χ4v) is 3.27. The van der Waals surface area contributed by atoms with E-state index in [0.717, 1.165) is 10.6 Å². The number of nitrogens with one attached hydrogen (secondary N) is 1. The van der Waals surface area contributed by atoms with Gasteiger partial charge in [0, 0.05) is 5.02 Å². The van der Waals surface area contributed by atoms with Crippen molar-refractivity contribution in [3.63, 3.8) is 0 Å². The summed E-state index contributed by atoms with van der Waals surface area (Å²) in [6.07, 6.45) is 1.44. The molecule has 4 aromatic rings. The SMILES string of the molecule is O=C(NCc1ccco1)c1nn(-c2ccccc2F)c(=O)n(Cc2cccc(Cl)c2)c1=O. The van der Waals surface area contributed by atoms with Crippen LogP contribution in [0.4, 0.5) is 4.39 Å². The van der Waals surface area contributed by atoms with Crippen molar-refractivity contribution < 1.29 is 13.6 Å². The van der Waals surface area contributed by atoms with E-state index in [2.05, 4.69) is 10.4 Å². The predicted octanol–water partition coefficient (Wildman–Crippen LogP) is 2.76. The molecule has 1 amide bonds. The number of nitrogens with zero attached hydrogens (tertiary/aromatic N) is 3. The number of rotatable bonds is 6. The molecule has 0 aliphatic rings. The second-order valence-corrected chi connectivity index (χ2v) is 7.21. The highest BCUT2D eigenvalue weighted by Crippen LogP contribution is 2.12. The zero-order valence-electron chi connectivity index (χ0n) is 16.5. The standard InChI is InChI=1S/C22H16ClFN4O4/c23-15-6-3-5-14(11-15)13-27-21(30)19(20(29)25-12-16-7-4-10-32-16)26-28(22(27)31)18-9-2-1-8-17(18)24/h1-11H,12-13H2,(H,25,29). The monoisotopic (exact) mass is 454 g/mol. The highest BCUT2D eigenvalue weighted by Gasteiger charge is 2.21. The second kappa shape index (κ2) is 9.03. The lowest BCUT2D eigenvalue weighted by Crippen LogP contribution is -2.46. The summed E-state index contributed by atoms with van der Waals surface area (Å²) in [7, 11) is 0. The summed E-state index contributed by atoms with van der Waals surface area (Å²) < 4.78 is 21.1. The Balaban J connectivity index is 1.82. The number of furan rings is 1. The molecule has 0 spiro atoms. The molecular formula is C22H16ClFN4O4. The van der Waals surface area contributed by atoms with Gasteiger partial charge in [-0.3, -0.25) is 14.2 Å². The Morgan fingerprint density at radius 2 is 1.91 bits per heavy atom. The Morgan fingerprint density at radius 1 is 1.09 bits per heavy atom. The first kappa shape index (κ1) is 21.3. The minimum absolute atomic E-state index is 0.0000705. The lowest BCUT2D eigenvalue weighted by Gasteiger charge is -2.13. The van der Waals surface area contributed by atoms with Gasteiger partial charge in [0.05, 0.1) is 19.4 Å². The lowest BCUT2D eigenvalue weighted by atomic mass is 10.2. The molecule has 8 nitrogen and oxygen atoms in total. The van der Waals surface area contributed by atoms with Gasteiger partial charge in [-0.1, -0.05) is 35.9 Å². The van der Waals surface area contributed by atoms with Gasteiger partial charge in [-0.2, -0.15) is 9.78 Å². The largest absolute Gasteiger partial charge is 0.467 e. The third-order valence-electron chi connectivity index (χ3n) is 4.59.